The number of nitrogens with zero attached hydrogens (tertiary/aromatic N) is 5. The van der Waals surface area contributed by atoms with Crippen LogP contribution in [-0.2, 0) is 0 Å². The molecule has 1 aliphatic heterocycles. The van der Waals surface area contributed by atoms with Crippen molar-refractivity contribution in [1.29, 1.82) is 0 Å². The van der Waals surface area contributed by atoms with Crippen LogP contribution in [0.2, 0.25) is 0 Å². The van der Waals surface area contributed by atoms with Gasteiger partial charge in [0.2, 0.25) is 0 Å². The van der Waals surface area contributed by atoms with Crippen molar-refractivity contribution in [3.05, 3.63) is 67.6 Å². The summed E-state index contributed by atoms with van der Waals surface area (Å²) < 4.78 is 11.3. The molecular formula is C28H25N7O2. The maximum Gasteiger partial charge on any atom is 0.138 e. The lowest BCUT2D eigenvalue weighted by Crippen LogP contribution is -2.25. The largest absolute Gasteiger partial charge is 0.491 e. The van der Waals surface area contributed by atoms with E-state index in [9.17, 15) is 0 Å². The SMILES string of the molecule is c1cc2[nH]c(-c3n[nH]c4cnc(-c5cncc(OCCN6CCCC6)c5)cc34)cc2c(-c2ccoc2)n1. The van der Waals surface area contributed by atoms with Crippen LogP contribution in [0.1, 0.15) is 12.8 Å². The second-order valence-corrected chi connectivity index (χ2v) is 9.31. The molecule has 37 heavy (non-hydrogen) atoms. The van der Waals surface area contributed by atoms with Crippen molar-refractivity contribution >= 4 is 21.8 Å². The molecule has 184 valence electrons. The number of H-pyrrole nitrogens is 2. The van der Waals surface area contributed by atoms with Gasteiger partial charge in [0.05, 0.1) is 47.5 Å². The van der Waals surface area contributed by atoms with E-state index in [1.165, 1.54) is 12.8 Å². The van der Waals surface area contributed by atoms with Gasteiger partial charge in [-0.2, -0.15) is 5.10 Å². The summed E-state index contributed by atoms with van der Waals surface area (Å²) in [6, 6.07) is 9.99. The maximum absolute atomic E-state index is 6.00. The van der Waals surface area contributed by atoms with Gasteiger partial charge in [0.25, 0.3) is 0 Å². The Labute approximate surface area is 212 Å². The van der Waals surface area contributed by atoms with E-state index in [1.807, 2.05) is 36.7 Å². The average molecular weight is 492 g/mol. The van der Waals surface area contributed by atoms with Gasteiger partial charge >= 0.3 is 0 Å². The molecule has 0 aromatic carbocycles. The highest BCUT2D eigenvalue weighted by molar-refractivity contribution is 6.00. The van der Waals surface area contributed by atoms with Crippen molar-refractivity contribution in [3.8, 4) is 39.7 Å². The van der Waals surface area contributed by atoms with E-state index < -0.39 is 0 Å². The lowest BCUT2D eigenvalue weighted by molar-refractivity contribution is 0.237. The van der Waals surface area contributed by atoms with Crippen LogP contribution in [0.4, 0.5) is 0 Å². The highest BCUT2D eigenvalue weighted by Gasteiger charge is 2.16. The minimum absolute atomic E-state index is 0.652. The van der Waals surface area contributed by atoms with Crippen molar-refractivity contribution in [2.24, 2.45) is 0 Å². The van der Waals surface area contributed by atoms with E-state index >= 15 is 0 Å². The number of furan rings is 1. The minimum Gasteiger partial charge on any atom is -0.491 e. The summed E-state index contributed by atoms with van der Waals surface area (Å²) in [7, 11) is 0. The van der Waals surface area contributed by atoms with Gasteiger partial charge in [-0.05, 0) is 56.3 Å². The van der Waals surface area contributed by atoms with Crippen LogP contribution in [-0.4, -0.2) is 61.3 Å². The van der Waals surface area contributed by atoms with Crippen molar-refractivity contribution in [2.45, 2.75) is 12.8 Å². The number of fused-ring (bicyclic) bond motifs is 2. The number of ether oxygens (including phenoxy) is 1. The normalized spacial score (nSPS) is 14.2. The Bertz CT molecular complexity index is 1680. The molecule has 1 aliphatic rings. The first-order valence-corrected chi connectivity index (χ1v) is 12.5. The molecule has 1 saturated heterocycles. The maximum atomic E-state index is 6.00. The monoisotopic (exact) mass is 491 g/mol. The Balaban J connectivity index is 1.20. The third-order valence-electron chi connectivity index (χ3n) is 6.93. The lowest BCUT2D eigenvalue weighted by Gasteiger charge is -2.15. The zero-order valence-corrected chi connectivity index (χ0v) is 20.1. The average Bonchev–Trinajstić information content (AvgIpc) is 3.74. The molecule has 1 fully saturated rings. The Morgan fingerprint density at radius 1 is 0.919 bits per heavy atom. The Hall–Kier alpha value is -4.50. The van der Waals surface area contributed by atoms with Crippen LogP contribution >= 0.6 is 0 Å². The van der Waals surface area contributed by atoms with Crippen LogP contribution in [0.25, 0.3) is 55.7 Å². The standard InChI is InChI=1S/C28H25N7O2/c1-2-7-35(6-1)8-10-37-20-11-19(14-29-15-20)24-12-22-26(16-31-24)33-34-28(22)25-13-21-23(32-25)3-5-30-27(21)18-4-9-36-17-18/h3-5,9,11-17,32H,1-2,6-8,10H2,(H,33,34). The number of pyridine rings is 3. The molecule has 0 saturated carbocycles. The molecule has 0 bridgehead atoms. The fourth-order valence-corrected chi connectivity index (χ4v) is 5.03. The molecule has 6 aromatic heterocycles. The van der Waals surface area contributed by atoms with Crippen LogP contribution in [0.15, 0.2) is 72.1 Å². The molecule has 7 rings (SSSR count). The van der Waals surface area contributed by atoms with E-state index in [2.05, 4.69) is 41.1 Å². The first-order valence-electron chi connectivity index (χ1n) is 12.5. The van der Waals surface area contributed by atoms with E-state index in [-0.39, 0.29) is 0 Å². The van der Waals surface area contributed by atoms with Gasteiger partial charge in [0, 0.05) is 46.4 Å². The van der Waals surface area contributed by atoms with Crippen LogP contribution in [0, 0.1) is 0 Å². The van der Waals surface area contributed by atoms with Crippen molar-refractivity contribution in [3.63, 3.8) is 0 Å². The first-order chi connectivity index (χ1) is 18.3. The van der Waals surface area contributed by atoms with Gasteiger partial charge in [-0.3, -0.25) is 25.0 Å². The summed E-state index contributed by atoms with van der Waals surface area (Å²) in [6.07, 6.45) is 13.1. The number of likely N-dealkylation sites (tertiary alicyclic amines) is 1. The van der Waals surface area contributed by atoms with Crippen LogP contribution in [0.5, 0.6) is 5.75 Å². The van der Waals surface area contributed by atoms with Crippen LogP contribution < -0.4 is 4.74 Å². The summed E-state index contributed by atoms with van der Waals surface area (Å²) >= 11 is 0. The quantitative estimate of drug-likeness (QED) is 0.312. The molecule has 0 spiro atoms. The van der Waals surface area contributed by atoms with Gasteiger partial charge in [0.1, 0.15) is 18.1 Å². The number of aromatic nitrogens is 6. The fraction of sp³-hybridized carbons (Fsp3) is 0.214. The topological polar surface area (TPSA) is 109 Å². The minimum atomic E-state index is 0.652. The molecule has 0 radical (unpaired) electrons. The molecular weight excluding hydrogens is 466 g/mol. The van der Waals surface area contributed by atoms with E-state index in [1.54, 1.807) is 24.9 Å². The molecule has 2 N–H and O–H groups in total. The number of rotatable bonds is 7. The zero-order valence-electron chi connectivity index (χ0n) is 20.1. The fourth-order valence-electron chi connectivity index (χ4n) is 5.03. The number of hydrogen-bond donors (Lipinski definition) is 2. The van der Waals surface area contributed by atoms with E-state index in [4.69, 9.17) is 9.15 Å². The van der Waals surface area contributed by atoms with Crippen molar-refractivity contribution in [2.75, 3.05) is 26.2 Å². The van der Waals surface area contributed by atoms with Gasteiger partial charge in [0.15, 0.2) is 0 Å². The van der Waals surface area contributed by atoms with Crippen LogP contribution in [0.3, 0.4) is 0 Å². The lowest BCUT2D eigenvalue weighted by atomic mass is 10.1. The Kier molecular flexibility index (Phi) is 5.40. The summed E-state index contributed by atoms with van der Waals surface area (Å²) in [6.45, 7) is 3.92. The zero-order chi connectivity index (χ0) is 24.6. The Morgan fingerprint density at radius 2 is 1.84 bits per heavy atom. The highest BCUT2D eigenvalue weighted by Crippen LogP contribution is 2.34. The summed E-state index contributed by atoms with van der Waals surface area (Å²) in [4.78, 5) is 19.6. The summed E-state index contributed by atoms with van der Waals surface area (Å²) in [5.74, 6) is 0.751. The van der Waals surface area contributed by atoms with Crippen molar-refractivity contribution < 1.29 is 9.15 Å². The molecule has 7 heterocycles. The number of nitrogens with one attached hydrogen (secondary N) is 2. The molecule has 9 heteroatoms. The van der Waals surface area contributed by atoms with E-state index in [0.29, 0.717) is 6.61 Å². The molecule has 0 aliphatic carbocycles. The van der Waals surface area contributed by atoms with Gasteiger partial charge in [-0.15, -0.1) is 0 Å². The smallest absolute Gasteiger partial charge is 0.138 e. The Morgan fingerprint density at radius 3 is 2.73 bits per heavy atom. The first kappa shape index (κ1) is 21.8. The van der Waals surface area contributed by atoms with Gasteiger partial charge in [-0.25, -0.2) is 0 Å². The molecule has 6 aromatic rings. The summed E-state index contributed by atoms with van der Waals surface area (Å²) in [5.41, 5.74) is 7.06. The molecule has 9 nitrogen and oxygen atoms in total. The predicted molar refractivity (Wildman–Crippen MR) is 141 cm³/mol. The number of aromatic amines is 2. The molecule has 0 amide bonds. The second-order valence-electron chi connectivity index (χ2n) is 9.31. The van der Waals surface area contributed by atoms with Gasteiger partial charge < -0.3 is 14.1 Å². The highest BCUT2D eigenvalue weighted by atomic mass is 16.5. The third-order valence-corrected chi connectivity index (χ3v) is 6.93. The predicted octanol–water partition coefficient (Wildman–Crippen LogP) is 5.30. The van der Waals surface area contributed by atoms with E-state index in [0.717, 1.165) is 81.1 Å². The second kappa shape index (κ2) is 9.18. The number of hydrogen-bond acceptors (Lipinski definition) is 7. The van der Waals surface area contributed by atoms with Gasteiger partial charge in [-0.1, -0.05) is 0 Å². The van der Waals surface area contributed by atoms with Crippen molar-refractivity contribution in [1.82, 2.24) is 35.0 Å². The molecule has 0 unspecified atom stereocenters. The summed E-state index contributed by atoms with van der Waals surface area (Å²) in [5, 5.41) is 9.69. The molecule has 0 atom stereocenters. The third kappa shape index (κ3) is 4.13.